The molecule has 2 N–H and O–H groups in total. The van der Waals surface area contributed by atoms with Gasteiger partial charge in [0.1, 0.15) is 0 Å². The van der Waals surface area contributed by atoms with Gasteiger partial charge in [0.15, 0.2) is 0 Å². The number of carbonyl (C=O) groups is 3. The van der Waals surface area contributed by atoms with E-state index in [2.05, 4.69) is 26.6 Å². The van der Waals surface area contributed by atoms with Crippen LogP contribution in [0.1, 0.15) is 43.1 Å². The van der Waals surface area contributed by atoms with Crippen LogP contribution in [0.4, 0.5) is 11.4 Å². The van der Waals surface area contributed by atoms with Gasteiger partial charge < -0.3 is 25.3 Å². The molecule has 0 aliphatic carbocycles. The normalized spacial score (nSPS) is 15.6. The first-order valence-corrected chi connectivity index (χ1v) is 13.4. The molecular weight excluding hydrogens is 506 g/mol. The van der Waals surface area contributed by atoms with Crippen molar-refractivity contribution >= 4 is 29.1 Å². The molecule has 0 unspecified atom stereocenters. The number of hydrogen-bond donors (Lipinski definition) is 2. The van der Waals surface area contributed by atoms with E-state index in [-0.39, 0.29) is 17.7 Å². The second kappa shape index (κ2) is 12.4. The Labute approximate surface area is 233 Å². The molecule has 40 heavy (non-hydrogen) atoms. The van der Waals surface area contributed by atoms with Crippen LogP contribution < -0.4 is 15.5 Å². The third-order valence-electron chi connectivity index (χ3n) is 7.22. The molecule has 10 nitrogen and oxygen atoms in total. The minimum atomic E-state index is -0.332. The number of rotatable bonds is 5. The van der Waals surface area contributed by atoms with Gasteiger partial charge in [0.2, 0.25) is 0 Å². The molecule has 0 atom stereocenters. The lowest BCUT2D eigenvalue weighted by atomic mass is 10.1. The van der Waals surface area contributed by atoms with E-state index in [4.69, 9.17) is 5.26 Å². The van der Waals surface area contributed by atoms with E-state index in [0.29, 0.717) is 67.2 Å². The van der Waals surface area contributed by atoms with Gasteiger partial charge in [-0.2, -0.15) is 5.26 Å². The van der Waals surface area contributed by atoms with Gasteiger partial charge >= 0.3 is 0 Å². The number of anilines is 2. The highest BCUT2D eigenvalue weighted by Crippen LogP contribution is 2.30. The number of amides is 3. The Morgan fingerprint density at radius 2 is 1.45 bits per heavy atom. The summed E-state index contributed by atoms with van der Waals surface area (Å²) in [6.07, 6.45) is 3.98. The minimum Gasteiger partial charge on any atom is -0.368 e. The lowest BCUT2D eigenvalue weighted by molar-refractivity contribution is 0.0734. The summed E-state index contributed by atoms with van der Waals surface area (Å²) >= 11 is 0. The summed E-state index contributed by atoms with van der Waals surface area (Å²) in [5.74, 6) is -0.440. The molecule has 3 amide bonds. The lowest BCUT2D eigenvalue weighted by Crippen LogP contribution is -2.46. The molecule has 10 heteroatoms. The molecule has 5 rings (SSSR count). The average Bonchev–Trinajstić information content (AvgIpc) is 3.27. The van der Waals surface area contributed by atoms with Crippen LogP contribution >= 0.6 is 0 Å². The van der Waals surface area contributed by atoms with Crippen molar-refractivity contribution in [3.8, 4) is 6.07 Å². The zero-order chi connectivity index (χ0) is 27.9. The van der Waals surface area contributed by atoms with Crippen molar-refractivity contribution in [2.24, 2.45) is 0 Å². The van der Waals surface area contributed by atoms with Gasteiger partial charge in [0.25, 0.3) is 17.7 Å². The van der Waals surface area contributed by atoms with Crippen LogP contribution in [0.15, 0.2) is 67.0 Å². The summed E-state index contributed by atoms with van der Waals surface area (Å²) in [6.45, 7) is 5.13. The predicted molar refractivity (Wildman–Crippen MR) is 151 cm³/mol. The van der Waals surface area contributed by atoms with Gasteiger partial charge in [-0.25, -0.2) is 0 Å². The molecule has 0 radical (unpaired) electrons. The number of nitrogens with one attached hydrogen (secondary N) is 2. The number of pyridine rings is 1. The summed E-state index contributed by atoms with van der Waals surface area (Å²) in [5.41, 5.74) is 3.31. The summed E-state index contributed by atoms with van der Waals surface area (Å²) in [4.78, 5) is 49.3. The van der Waals surface area contributed by atoms with Crippen molar-refractivity contribution in [3.63, 3.8) is 0 Å². The Morgan fingerprint density at radius 1 is 0.775 bits per heavy atom. The monoisotopic (exact) mass is 537 g/mol. The van der Waals surface area contributed by atoms with Crippen molar-refractivity contribution in [1.29, 1.82) is 5.26 Å². The number of benzene rings is 2. The molecule has 2 aliphatic heterocycles. The first-order chi connectivity index (χ1) is 19.5. The molecule has 204 valence electrons. The van der Waals surface area contributed by atoms with Crippen molar-refractivity contribution in [2.45, 2.75) is 6.42 Å². The van der Waals surface area contributed by atoms with Crippen LogP contribution in [0.3, 0.4) is 0 Å². The second-order valence-electron chi connectivity index (χ2n) is 9.79. The number of nitriles is 1. The van der Waals surface area contributed by atoms with Gasteiger partial charge in [0, 0.05) is 81.4 Å². The Balaban J connectivity index is 1.39. The minimum absolute atomic E-state index is 0.0319. The average molecular weight is 538 g/mol. The largest absolute Gasteiger partial charge is 0.368 e. The van der Waals surface area contributed by atoms with E-state index in [1.807, 2.05) is 21.9 Å². The maximum atomic E-state index is 13.3. The van der Waals surface area contributed by atoms with Crippen LogP contribution in [0, 0.1) is 11.3 Å². The maximum Gasteiger partial charge on any atom is 0.255 e. The van der Waals surface area contributed by atoms with Crippen LogP contribution in [-0.2, 0) is 0 Å². The maximum absolute atomic E-state index is 13.3. The quantitative estimate of drug-likeness (QED) is 0.513. The van der Waals surface area contributed by atoms with E-state index in [0.717, 1.165) is 25.2 Å². The molecule has 3 heterocycles. The SMILES string of the molecule is N#Cc1ccc(C(=O)Nc2cc(C(=O)N3CCNCC3)ccc2N2CCCN(C(=O)c3ccncc3)CC2)cc1. The standard InChI is InChI=1S/C30H31N7O3/c31-21-22-2-4-23(5-3-22)28(38)34-26-20-25(30(40)37-16-12-33-13-17-37)6-7-27(26)35-14-1-15-36(19-18-35)29(39)24-8-10-32-11-9-24/h2-11,20,33H,1,12-19H2,(H,34,38). The molecule has 1 aromatic heterocycles. The highest BCUT2D eigenvalue weighted by Gasteiger charge is 2.24. The number of hydrogen-bond acceptors (Lipinski definition) is 7. The molecule has 2 fully saturated rings. The molecule has 3 aromatic rings. The topological polar surface area (TPSA) is 122 Å². The lowest BCUT2D eigenvalue weighted by Gasteiger charge is -2.29. The van der Waals surface area contributed by atoms with E-state index in [1.165, 1.54) is 0 Å². The zero-order valence-electron chi connectivity index (χ0n) is 22.2. The number of aromatic nitrogens is 1. The number of nitrogens with zero attached hydrogens (tertiary/aromatic N) is 5. The highest BCUT2D eigenvalue weighted by molar-refractivity contribution is 6.07. The zero-order valence-corrected chi connectivity index (χ0v) is 22.2. The fourth-order valence-corrected chi connectivity index (χ4v) is 5.02. The molecule has 0 saturated carbocycles. The van der Waals surface area contributed by atoms with Gasteiger partial charge in [-0.1, -0.05) is 0 Å². The highest BCUT2D eigenvalue weighted by atomic mass is 16.2. The van der Waals surface area contributed by atoms with Crippen molar-refractivity contribution in [1.82, 2.24) is 20.1 Å². The third-order valence-corrected chi connectivity index (χ3v) is 7.22. The van der Waals surface area contributed by atoms with Crippen LogP contribution in [-0.4, -0.2) is 84.9 Å². The molecule has 0 bridgehead atoms. The first kappa shape index (κ1) is 26.8. The van der Waals surface area contributed by atoms with E-state index < -0.39 is 0 Å². The van der Waals surface area contributed by atoms with Gasteiger partial charge in [-0.15, -0.1) is 0 Å². The van der Waals surface area contributed by atoms with E-state index in [1.54, 1.807) is 54.9 Å². The van der Waals surface area contributed by atoms with Gasteiger partial charge in [-0.3, -0.25) is 19.4 Å². The van der Waals surface area contributed by atoms with Crippen LogP contribution in [0.25, 0.3) is 0 Å². The van der Waals surface area contributed by atoms with E-state index in [9.17, 15) is 14.4 Å². The van der Waals surface area contributed by atoms with Crippen molar-refractivity contribution in [3.05, 3.63) is 89.2 Å². The molecular formula is C30H31N7O3. The molecule has 2 aliphatic rings. The van der Waals surface area contributed by atoms with E-state index >= 15 is 0 Å². The summed E-state index contributed by atoms with van der Waals surface area (Å²) < 4.78 is 0. The van der Waals surface area contributed by atoms with Gasteiger partial charge in [-0.05, 0) is 61.0 Å². The molecule has 2 aromatic carbocycles. The second-order valence-corrected chi connectivity index (χ2v) is 9.79. The first-order valence-electron chi connectivity index (χ1n) is 13.4. The van der Waals surface area contributed by atoms with Crippen LogP contribution in [0.2, 0.25) is 0 Å². The summed E-state index contributed by atoms with van der Waals surface area (Å²) in [7, 11) is 0. The molecule has 0 spiro atoms. The van der Waals surface area contributed by atoms with Crippen molar-refractivity contribution in [2.75, 3.05) is 62.6 Å². The third kappa shape index (κ3) is 6.11. The number of carbonyl (C=O) groups excluding carboxylic acids is 3. The Kier molecular flexibility index (Phi) is 8.32. The fraction of sp³-hybridized carbons (Fsp3) is 0.300. The Morgan fingerprint density at radius 3 is 2.17 bits per heavy atom. The summed E-state index contributed by atoms with van der Waals surface area (Å²) in [6, 6.07) is 17.3. The van der Waals surface area contributed by atoms with Gasteiger partial charge in [0.05, 0.1) is 23.0 Å². The summed E-state index contributed by atoms with van der Waals surface area (Å²) in [5, 5.41) is 15.4. The van der Waals surface area contributed by atoms with Crippen molar-refractivity contribution < 1.29 is 14.4 Å². The Bertz CT molecular complexity index is 1410. The van der Waals surface area contributed by atoms with Crippen LogP contribution in [0.5, 0.6) is 0 Å². The molecule has 2 saturated heterocycles. The predicted octanol–water partition coefficient (Wildman–Crippen LogP) is 2.60. The number of piperazine rings is 1. The smallest absolute Gasteiger partial charge is 0.255 e. The Hall–Kier alpha value is -4.75. The fourth-order valence-electron chi connectivity index (χ4n) is 5.02.